The Bertz CT molecular complexity index is 612. The largest absolute Gasteiger partial charge is 0.337 e. The fourth-order valence-corrected chi connectivity index (χ4v) is 2.88. The van der Waals surface area contributed by atoms with E-state index in [0.717, 1.165) is 17.3 Å². The number of likely N-dealkylation sites (N-methyl/N-ethyl adjacent to an activating group) is 1. The second kappa shape index (κ2) is 6.76. The number of nitrogens with one attached hydrogen (secondary N) is 1. The summed E-state index contributed by atoms with van der Waals surface area (Å²) in [5, 5.41) is 12.1. The summed E-state index contributed by atoms with van der Waals surface area (Å²) in [5.41, 5.74) is -0.270. The van der Waals surface area contributed by atoms with Gasteiger partial charge in [0, 0.05) is 16.6 Å². The Balaban J connectivity index is 1.91. The van der Waals surface area contributed by atoms with Crippen molar-refractivity contribution in [2.24, 2.45) is 5.92 Å². The summed E-state index contributed by atoms with van der Waals surface area (Å²) in [7, 11) is 1.75. The average Bonchev–Trinajstić information content (AvgIpc) is 3.27. The summed E-state index contributed by atoms with van der Waals surface area (Å²) in [6, 6.07) is 6.93. The normalized spacial score (nSPS) is 16.9. The van der Waals surface area contributed by atoms with Gasteiger partial charge in [0.1, 0.15) is 11.4 Å². The van der Waals surface area contributed by atoms with Gasteiger partial charge in [0.15, 0.2) is 0 Å². The number of benzene rings is 1. The molecule has 0 saturated heterocycles. The minimum absolute atomic E-state index is 0.121. The third-order valence-electron chi connectivity index (χ3n) is 3.89. The van der Waals surface area contributed by atoms with Crippen molar-refractivity contribution < 1.29 is 9.18 Å². The smallest absolute Gasteiger partial charge is 0.235 e. The van der Waals surface area contributed by atoms with Crippen LogP contribution in [0.15, 0.2) is 22.7 Å². The zero-order valence-corrected chi connectivity index (χ0v) is 14.3. The Morgan fingerprint density at radius 2 is 2.27 bits per heavy atom. The minimum Gasteiger partial charge on any atom is -0.337 e. The maximum atomic E-state index is 13.7. The number of nitrogens with zero attached hydrogens (tertiary/aromatic N) is 2. The van der Waals surface area contributed by atoms with Gasteiger partial charge in [0.2, 0.25) is 5.91 Å². The molecule has 1 aromatic carbocycles. The monoisotopic (exact) mass is 367 g/mol. The maximum Gasteiger partial charge on any atom is 0.235 e. The number of halogens is 2. The van der Waals surface area contributed by atoms with Crippen molar-refractivity contribution in [1.29, 1.82) is 5.26 Å². The van der Waals surface area contributed by atoms with Gasteiger partial charge in [0.25, 0.3) is 0 Å². The van der Waals surface area contributed by atoms with Gasteiger partial charge < -0.3 is 5.32 Å². The van der Waals surface area contributed by atoms with E-state index in [1.807, 2.05) is 0 Å². The zero-order chi connectivity index (χ0) is 16.3. The second-order valence-corrected chi connectivity index (χ2v) is 6.96. The molecule has 0 unspecified atom stereocenters. The Kier molecular flexibility index (Phi) is 5.20. The molecule has 118 valence electrons. The molecule has 1 saturated carbocycles. The van der Waals surface area contributed by atoms with Gasteiger partial charge in [-0.05, 0) is 50.9 Å². The van der Waals surface area contributed by atoms with Gasteiger partial charge in [-0.25, -0.2) is 4.39 Å². The van der Waals surface area contributed by atoms with Crippen LogP contribution in [0.3, 0.4) is 0 Å². The van der Waals surface area contributed by atoms with Gasteiger partial charge in [-0.15, -0.1) is 0 Å². The molecule has 0 aromatic heterocycles. The summed E-state index contributed by atoms with van der Waals surface area (Å²) in [6.07, 6.45) is 1.95. The number of carbonyl (C=O) groups excluding carboxylic acids is 1. The lowest BCUT2D eigenvalue weighted by molar-refractivity contribution is -0.123. The first-order chi connectivity index (χ1) is 10.3. The van der Waals surface area contributed by atoms with Crippen LogP contribution >= 0.6 is 15.9 Å². The summed E-state index contributed by atoms with van der Waals surface area (Å²) in [4.78, 5) is 13.8. The van der Waals surface area contributed by atoms with Crippen LogP contribution in [0, 0.1) is 23.1 Å². The molecular weight excluding hydrogens is 349 g/mol. The highest BCUT2D eigenvalue weighted by molar-refractivity contribution is 9.10. The maximum absolute atomic E-state index is 13.7. The molecule has 0 bridgehead atoms. The number of hydrogen-bond donors (Lipinski definition) is 1. The van der Waals surface area contributed by atoms with Crippen LogP contribution in [0.25, 0.3) is 0 Å². The predicted molar refractivity (Wildman–Crippen MR) is 85.3 cm³/mol. The van der Waals surface area contributed by atoms with Crippen molar-refractivity contribution in [1.82, 2.24) is 10.2 Å². The molecule has 1 aromatic rings. The molecular formula is C16H19BrFN3O. The number of carbonyl (C=O) groups is 1. The Hall–Kier alpha value is -1.45. The third kappa shape index (κ3) is 4.28. The minimum atomic E-state index is -0.793. The van der Waals surface area contributed by atoms with Crippen LogP contribution in [0.1, 0.15) is 25.3 Å². The standard InChI is InChI=1S/C16H19BrFN3O/c1-16(10-19,12-3-4-12)20-15(22)9-21(2)8-11-7-13(17)5-6-14(11)18/h5-7,12H,3-4,8-9H2,1-2H3,(H,20,22)/t16-/m0/s1. The van der Waals surface area contributed by atoms with Gasteiger partial charge in [-0.3, -0.25) is 9.69 Å². The van der Waals surface area contributed by atoms with Crippen molar-refractivity contribution in [3.8, 4) is 6.07 Å². The quantitative estimate of drug-likeness (QED) is 0.840. The van der Waals surface area contributed by atoms with E-state index >= 15 is 0 Å². The van der Waals surface area contributed by atoms with E-state index in [4.69, 9.17) is 0 Å². The first kappa shape index (κ1) is 16.9. The molecule has 1 fully saturated rings. The highest BCUT2D eigenvalue weighted by atomic mass is 79.9. The fourth-order valence-electron chi connectivity index (χ4n) is 2.47. The molecule has 2 rings (SSSR count). The summed E-state index contributed by atoms with van der Waals surface area (Å²) in [6.45, 7) is 2.21. The lowest BCUT2D eigenvalue weighted by atomic mass is 9.98. The van der Waals surface area contributed by atoms with E-state index in [-0.39, 0.29) is 24.2 Å². The van der Waals surface area contributed by atoms with Crippen molar-refractivity contribution in [2.45, 2.75) is 31.8 Å². The Labute approximate surface area is 138 Å². The summed E-state index contributed by atoms with van der Waals surface area (Å²) >= 11 is 3.31. The molecule has 1 aliphatic rings. The number of rotatable bonds is 6. The topological polar surface area (TPSA) is 56.1 Å². The van der Waals surface area contributed by atoms with Gasteiger partial charge in [-0.2, -0.15) is 5.26 Å². The molecule has 1 atom stereocenters. The van der Waals surface area contributed by atoms with Crippen molar-refractivity contribution in [3.05, 3.63) is 34.1 Å². The molecule has 0 heterocycles. The molecule has 0 radical (unpaired) electrons. The average molecular weight is 368 g/mol. The van der Waals surface area contributed by atoms with E-state index in [0.29, 0.717) is 12.1 Å². The molecule has 1 N–H and O–H groups in total. The fraction of sp³-hybridized carbons (Fsp3) is 0.500. The molecule has 0 aliphatic heterocycles. The van der Waals surface area contributed by atoms with Crippen LogP contribution in [-0.4, -0.2) is 29.9 Å². The lowest BCUT2D eigenvalue weighted by Gasteiger charge is -2.25. The third-order valence-corrected chi connectivity index (χ3v) is 4.38. The Morgan fingerprint density at radius 3 is 2.86 bits per heavy atom. The highest BCUT2D eigenvalue weighted by Crippen LogP contribution is 2.39. The van der Waals surface area contributed by atoms with E-state index in [1.54, 1.807) is 31.0 Å². The van der Waals surface area contributed by atoms with Gasteiger partial charge in [-0.1, -0.05) is 15.9 Å². The van der Waals surface area contributed by atoms with Crippen molar-refractivity contribution in [2.75, 3.05) is 13.6 Å². The number of amides is 1. The number of hydrogen-bond acceptors (Lipinski definition) is 3. The first-order valence-corrected chi connectivity index (χ1v) is 7.98. The predicted octanol–water partition coefficient (Wildman–Crippen LogP) is 2.83. The van der Waals surface area contributed by atoms with Crippen LogP contribution < -0.4 is 5.32 Å². The molecule has 6 heteroatoms. The van der Waals surface area contributed by atoms with E-state index < -0.39 is 5.54 Å². The zero-order valence-electron chi connectivity index (χ0n) is 12.7. The van der Waals surface area contributed by atoms with Crippen LogP contribution in [0.2, 0.25) is 0 Å². The first-order valence-electron chi connectivity index (χ1n) is 7.19. The number of nitriles is 1. The highest BCUT2D eigenvalue weighted by Gasteiger charge is 2.43. The van der Waals surface area contributed by atoms with Crippen LogP contribution in [0.4, 0.5) is 4.39 Å². The van der Waals surface area contributed by atoms with Crippen LogP contribution in [0.5, 0.6) is 0 Å². The van der Waals surface area contributed by atoms with E-state index in [2.05, 4.69) is 27.3 Å². The van der Waals surface area contributed by atoms with E-state index in [9.17, 15) is 14.4 Å². The summed E-state index contributed by atoms with van der Waals surface area (Å²) in [5.74, 6) is -0.265. The molecule has 1 amide bonds. The van der Waals surface area contributed by atoms with Crippen LogP contribution in [-0.2, 0) is 11.3 Å². The summed E-state index contributed by atoms with van der Waals surface area (Å²) < 4.78 is 14.5. The SMILES string of the molecule is CN(CC(=O)N[C@@](C)(C#N)C1CC1)Cc1cc(Br)ccc1F. The van der Waals surface area contributed by atoms with Gasteiger partial charge in [0.05, 0.1) is 12.6 Å². The Morgan fingerprint density at radius 1 is 1.59 bits per heavy atom. The van der Waals surface area contributed by atoms with Gasteiger partial charge >= 0.3 is 0 Å². The molecule has 0 spiro atoms. The second-order valence-electron chi connectivity index (χ2n) is 6.04. The van der Waals surface area contributed by atoms with E-state index in [1.165, 1.54) is 6.07 Å². The van der Waals surface area contributed by atoms with Crippen molar-refractivity contribution >= 4 is 21.8 Å². The van der Waals surface area contributed by atoms with Crippen molar-refractivity contribution in [3.63, 3.8) is 0 Å². The molecule has 1 aliphatic carbocycles. The lowest BCUT2D eigenvalue weighted by Crippen LogP contribution is -2.49. The molecule has 22 heavy (non-hydrogen) atoms. The molecule has 4 nitrogen and oxygen atoms in total.